The number of halogens is 1. The average molecular weight is 399 g/mol. The van der Waals surface area contributed by atoms with Gasteiger partial charge in [0.05, 0.1) is 0 Å². The maximum Gasteiger partial charge on any atom is 0.251 e. The van der Waals surface area contributed by atoms with Crippen molar-refractivity contribution in [2.24, 2.45) is 5.92 Å². The van der Waals surface area contributed by atoms with Crippen LogP contribution in [-0.2, 0) is 11.2 Å². The van der Waals surface area contributed by atoms with Gasteiger partial charge in [-0.25, -0.2) is 0 Å². The van der Waals surface area contributed by atoms with Crippen LogP contribution < -0.4 is 5.32 Å². The van der Waals surface area contributed by atoms with Crippen molar-refractivity contribution in [1.29, 1.82) is 0 Å². The third-order valence-corrected chi connectivity index (χ3v) is 5.63. The lowest BCUT2D eigenvalue weighted by molar-refractivity contribution is -0.132. The number of hydrogen-bond donors (Lipinski definition) is 1. The van der Waals surface area contributed by atoms with Crippen LogP contribution >= 0.6 is 11.6 Å². The molecular weight excluding hydrogens is 372 g/mol. The summed E-state index contributed by atoms with van der Waals surface area (Å²) in [5, 5.41) is 3.40. The number of hydrogen-bond acceptors (Lipinski definition) is 2. The van der Waals surface area contributed by atoms with Crippen molar-refractivity contribution in [3.8, 4) is 0 Å². The molecule has 1 N–H and O–H groups in total. The second-order valence-electron chi connectivity index (χ2n) is 7.36. The molecule has 0 unspecified atom stereocenters. The summed E-state index contributed by atoms with van der Waals surface area (Å²) >= 11 is 5.83. The molecule has 0 radical (unpaired) electrons. The zero-order chi connectivity index (χ0) is 19.8. The fourth-order valence-corrected chi connectivity index (χ4v) is 3.76. The van der Waals surface area contributed by atoms with Crippen LogP contribution in [0.1, 0.15) is 41.6 Å². The summed E-state index contributed by atoms with van der Waals surface area (Å²) in [5.41, 5.74) is 1.94. The van der Waals surface area contributed by atoms with Gasteiger partial charge in [0.25, 0.3) is 5.91 Å². The van der Waals surface area contributed by atoms with Crippen molar-refractivity contribution in [3.05, 3.63) is 70.7 Å². The molecule has 148 valence electrons. The second kappa shape index (κ2) is 10.3. The molecule has 0 atom stereocenters. The van der Waals surface area contributed by atoms with Gasteiger partial charge in [0.2, 0.25) is 5.91 Å². The number of carbonyl (C=O) groups excluding carboxylic acids is 2. The second-order valence-corrected chi connectivity index (χ2v) is 7.80. The maximum absolute atomic E-state index is 12.4. The molecule has 0 bridgehead atoms. The van der Waals surface area contributed by atoms with Crippen LogP contribution in [0.15, 0.2) is 54.6 Å². The van der Waals surface area contributed by atoms with Gasteiger partial charge in [-0.3, -0.25) is 9.59 Å². The highest BCUT2D eigenvalue weighted by Crippen LogP contribution is 2.22. The normalized spacial score (nSPS) is 14.7. The predicted molar refractivity (Wildman–Crippen MR) is 112 cm³/mol. The topological polar surface area (TPSA) is 49.4 Å². The van der Waals surface area contributed by atoms with Crippen molar-refractivity contribution in [3.63, 3.8) is 0 Å². The first-order valence-electron chi connectivity index (χ1n) is 9.97. The molecule has 4 nitrogen and oxygen atoms in total. The number of aryl methyl sites for hydroxylation is 1. The molecule has 0 spiro atoms. The van der Waals surface area contributed by atoms with Gasteiger partial charge in [0, 0.05) is 36.6 Å². The Morgan fingerprint density at radius 3 is 2.36 bits per heavy atom. The lowest BCUT2D eigenvalue weighted by atomic mass is 9.90. The number of benzene rings is 2. The summed E-state index contributed by atoms with van der Waals surface area (Å²) < 4.78 is 0. The average Bonchev–Trinajstić information content (AvgIpc) is 2.73. The van der Waals surface area contributed by atoms with Gasteiger partial charge in [-0.05, 0) is 61.4 Å². The Morgan fingerprint density at radius 2 is 1.68 bits per heavy atom. The number of carbonyl (C=O) groups is 2. The van der Waals surface area contributed by atoms with Gasteiger partial charge >= 0.3 is 0 Å². The molecule has 0 saturated carbocycles. The fraction of sp³-hybridized carbons (Fsp3) is 0.391. The van der Waals surface area contributed by atoms with Crippen LogP contribution in [0, 0.1) is 5.92 Å². The van der Waals surface area contributed by atoms with Crippen molar-refractivity contribution >= 4 is 23.4 Å². The summed E-state index contributed by atoms with van der Waals surface area (Å²) in [7, 11) is 0. The van der Waals surface area contributed by atoms with E-state index in [1.54, 1.807) is 24.3 Å². The third-order valence-electron chi connectivity index (χ3n) is 5.38. The highest BCUT2D eigenvalue weighted by atomic mass is 35.5. The van der Waals surface area contributed by atoms with Gasteiger partial charge in [-0.15, -0.1) is 0 Å². The summed E-state index contributed by atoms with van der Waals surface area (Å²) in [6.07, 6.45) is 4.76. The molecule has 1 fully saturated rings. The van der Waals surface area contributed by atoms with E-state index in [-0.39, 0.29) is 11.8 Å². The standard InChI is InChI=1S/C23H27ClN2O2/c24-21-10-8-20(9-11-21)23(28)25-15-12-22(27)26-16-13-19(14-17-26)7-6-18-4-2-1-3-5-18/h1-5,8-11,19H,6-7,12-17H2,(H,25,28). The number of likely N-dealkylation sites (tertiary alicyclic amines) is 1. The van der Waals surface area contributed by atoms with Gasteiger partial charge < -0.3 is 10.2 Å². The van der Waals surface area contributed by atoms with Crippen molar-refractivity contribution < 1.29 is 9.59 Å². The lowest BCUT2D eigenvalue weighted by Gasteiger charge is -2.32. The molecule has 1 heterocycles. The Bertz CT molecular complexity index is 769. The first-order valence-corrected chi connectivity index (χ1v) is 10.3. The maximum atomic E-state index is 12.4. The molecule has 5 heteroatoms. The highest BCUT2D eigenvalue weighted by molar-refractivity contribution is 6.30. The van der Waals surface area contributed by atoms with Gasteiger partial charge in [0.15, 0.2) is 0 Å². The van der Waals surface area contributed by atoms with E-state index in [1.807, 2.05) is 11.0 Å². The summed E-state index contributed by atoms with van der Waals surface area (Å²) in [6, 6.07) is 17.3. The molecule has 1 aliphatic heterocycles. The summed E-state index contributed by atoms with van der Waals surface area (Å²) in [6.45, 7) is 2.00. The minimum atomic E-state index is -0.177. The van der Waals surface area contributed by atoms with Gasteiger partial charge in [-0.2, -0.15) is 0 Å². The Kier molecular flexibility index (Phi) is 7.49. The van der Waals surface area contributed by atoms with Crippen LogP contribution in [-0.4, -0.2) is 36.3 Å². The SMILES string of the molecule is O=C(NCCC(=O)N1CCC(CCc2ccccc2)CC1)c1ccc(Cl)cc1. The third kappa shape index (κ3) is 6.10. The number of nitrogens with one attached hydrogen (secondary N) is 1. The quantitative estimate of drug-likeness (QED) is 0.754. The fourth-order valence-electron chi connectivity index (χ4n) is 3.63. The van der Waals surface area contributed by atoms with E-state index in [0.717, 1.165) is 32.4 Å². The first kappa shape index (κ1) is 20.4. The first-order chi connectivity index (χ1) is 13.6. The van der Waals surface area contributed by atoms with E-state index in [0.29, 0.717) is 29.5 Å². The molecule has 0 aliphatic carbocycles. The molecule has 1 saturated heterocycles. The molecule has 0 aromatic heterocycles. The van der Waals surface area contributed by atoms with E-state index in [1.165, 1.54) is 12.0 Å². The van der Waals surface area contributed by atoms with E-state index in [9.17, 15) is 9.59 Å². The summed E-state index contributed by atoms with van der Waals surface area (Å²) in [4.78, 5) is 26.4. The molecule has 2 aromatic rings. The Morgan fingerprint density at radius 1 is 1.00 bits per heavy atom. The zero-order valence-corrected chi connectivity index (χ0v) is 16.8. The predicted octanol–water partition coefficient (Wildman–Crippen LogP) is 4.33. The van der Waals surface area contributed by atoms with E-state index in [4.69, 9.17) is 11.6 Å². The van der Waals surface area contributed by atoms with Crippen LogP contribution in [0.5, 0.6) is 0 Å². The van der Waals surface area contributed by atoms with E-state index in [2.05, 4.69) is 29.6 Å². The highest BCUT2D eigenvalue weighted by Gasteiger charge is 2.22. The number of nitrogens with zero attached hydrogens (tertiary/aromatic N) is 1. The monoisotopic (exact) mass is 398 g/mol. The Hall–Kier alpha value is -2.33. The van der Waals surface area contributed by atoms with Crippen LogP contribution in [0.4, 0.5) is 0 Å². The van der Waals surface area contributed by atoms with Crippen LogP contribution in [0.3, 0.4) is 0 Å². The van der Waals surface area contributed by atoms with Crippen molar-refractivity contribution in [2.45, 2.75) is 32.1 Å². The smallest absolute Gasteiger partial charge is 0.251 e. The van der Waals surface area contributed by atoms with Gasteiger partial charge in [-0.1, -0.05) is 41.9 Å². The lowest BCUT2D eigenvalue weighted by Crippen LogP contribution is -2.40. The van der Waals surface area contributed by atoms with Crippen molar-refractivity contribution in [1.82, 2.24) is 10.2 Å². The number of piperidine rings is 1. The summed E-state index contributed by atoms with van der Waals surface area (Å²) in [5.74, 6) is 0.635. The zero-order valence-electron chi connectivity index (χ0n) is 16.1. The van der Waals surface area contributed by atoms with E-state index >= 15 is 0 Å². The molecule has 3 rings (SSSR count). The largest absolute Gasteiger partial charge is 0.352 e. The molecule has 1 aliphatic rings. The minimum absolute atomic E-state index is 0.123. The van der Waals surface area contributed by atoms with E-state index < -0.39 is 0 Å². The molecule has 28 heavy (non-hydrogen) atoms. The molecular formula is C23H27ClN2O2. The molecule has 2 amide bonds. The van der Waals surface area contributed by atoms with Crippen LogP contribution in [0.25, 0.3) is 0 Å². The Balaban J connectivity index is 1.33. The Labute approximate surface area is 171 Å². The van der Waals surface area contributed by atoms with Crippen LogP contribution in [0.2, 0.25) is 5.02 Å². The van der Waals surface area contributed by atoms with Gasteiger partial charge in [0.1, 0.15) is 0 Å². The number of amides is 2. The molecule has 2 aromatic carbocycles. The minimum Gasteiger partial charge on any atom is -0.352 e. The van der Waals surface area contributed by atoms with Crippen molar-refractivity contribution in [2.75, 3.05) is 19.6 Å². The number of rotatable bonds is 7.